The molecular weight excluding hydrogens is 320 g/mol. The third kappa shape index (κ3) is 2.28. The number of hydrogen-bond acceptors (Lipinski definition) is 2. The van der Waals surface area contributed by atoms with Crippen LogP contribution in [0.2, 0.25) is 0 Å². The van der Waals surface area contributed by atoms with Crippen LogP contribution in [0.4, 0.5) is 13.2 Å². The Morgan fingerprint density at radius 2 is 2.06 bits per heavy atom. The lowest BCUT2D eigenvalue weighted by Crippen LogP contribution is -2.21. The van der Waals surface area contributed by atoms with E-state index in [4.69, 9.17) is 11.6 Å². The molecule has 1 aromatic rings. The van der Waals surface area contributed by atoms with E-state index in [0.29, 0.717) is 11.1 Å². The van der Waals surface area contributed by atoms with Crippen molar-refractivity contribution in [3.05, 3.63) is 34.9 Å². The number of benzene rings is 1. The Hall–Kier alpha value is -0.750. The fourth-order valence-corrected chi connectivity index (χ4v) is 2.34. The molecule has 92 valence electrons. The van der Waals surface area contributed by atoms with Crippen LogP contribution in [0.15, 0.2) is 23.3 Å². The van der Waals surface area contributed by atoms with Gasteiger partial charge in [0.15, 0.2) is 5.17 Å². The molecule has 0 aromatic heterocycles. The minimum absolute atomic E-state index is 0.170. The molecule has 0 fully saturated rings. The largest absolute Gasteiger partial charge is 0.416 e. The van der Waals surface area contributed by atoms with Gasteiger partial charge in [-0.2, -0.15) is 18.3 Å². The van der Waals surface area contributed by atoms with Crippen molar-refractivity contribution in [2.45, 2.75) is 19.1 Å². The predicted octanol–water partition coefficient (Wildman–Crippen LogP) is 4.29. The Balaban J connectivity index is 2.56. The fraction of sp³-hybridized carbons (Fsp3) is 0.300. The molecular formula is C10H7BrClF3N2. The van der Waals surface area contributed by atoms with E-state index in [9.17, 15) is 13.2 Å². The lowest BCUT2D eigenvalue weighted by molar-refractivity contribution is -0.137. The molecule has 17 heavy (non-hydrogen) atoms. The maximum Gasteiger partial charge on any atom is 0.416 e. The Bertz CT molecular complexity index is 487. The van der Waals surface area contributed by atoms with Crippen LogP contribution in [-0.2, 0) is 6.18 Å². The molecule has 0 N–H and O–H groups in total. The molecule has 1 aliphatic heterocycles. The molecule has 0 bridgehead atoms. The standard InChI is InChI=1S/C10H7BrClF3N2/c1-5-8-4-6(10(13,14)15)2-3-7(8)9(12)16-17(5)11/h2-5H,1H3. The molecule has 0 radical (unpaired) electrons. The molecule has 1 heterocycles. The van der Waals surface area contributed by atoms with Gasteiger partial charge in [0.1, 0.15) is 0 Å². The van der Waals surface area contributed by atoms with Gasteiger partial charge >= 0.3 is 6.18 Å². The zero-order chi connectivity index (χ0) is 12.8. The van der Waals surface area contributed by atoms with Gasteiger partial charge in [0.2, 0.25) is 0 Å². The first kappa shape index (κ1) is 12.7. The number of rotatable bonds is 0. The molecule has 1 atom stereocenters. The van der Waals surface area contributed by atoms with Crippen LogP contribution in [-0.4, -0.2) is 9.21 Å². The van der Waals surface area contributed by atoms with Crippen molar-refractivity contribution in [2.24, 2.45) is 5.10 Å². The summed E-state index contributed by atoms with van der Waals surface area (Å²) in [5.41, 5.74) is 0.343. The van der Waals surface area contributed by atoms with Gasteiger partial charge in [-0.25, -0.2) is 4.03 Å². The van der Waals surface area contributed by atoms with Gasteiger partial charge < -0.3 is 0 Å². The Morgan fingerprint density at radius 1 is 1.41 bits per heavy atom. The molecule has 0 saturated heterocycles. The van der Waals surface area contributed by atoms with Crippen LogP contribution < -0.4 is 0 Å². The lowest BCUT2D eigenvalue weighted by atomic mass is 9.98. The predicted molar refractivity (Wildman–Crippen MR) is 63.0 cm³/mol. The average Bonchev–Trinajstić information content (AvgIpc) is 2.24. The second kappa shape index (κ2) is 4.17. The first-order valence-electron chi connectivity index (χ1n) is 4.71. The summed E-state index contributed by atoms with van der Waals surface area (Å²) in [6.07, 6.45) is -4.35. The summed E-state index contributed by atoms with van der Waals surface area (Å²) in [7, 11) is 0. The molecule has 1 unspecified atom stereocenters. The van der Waals surface area contributed by atoms with E-state index in [2.05, 4.69) is 21.2 Å². The summed E-state index contributed by atoms with van der Waals surface area (Å²) >= 11 is 8.99. The van der Waals surface area contributed by atoms with Gasteiger partial charge in [0.05, 0.1) is 27.8 Å². The van der Waals surface area contributed by atoms with Crippen molar-refractivity contribution < 1.29 is 13.2 Å². The summed E-state index contributed by atoms with van der Waals surface area (Å²) < 4.78 is 39.1. The highest BCUT2D eigenvalue weighted by Gasteiger charge is 2.33. The normalized spacial score (nSPS) is 20.0. The monoisotopic (exact) mass is 326 g/mol. The van der Waals surface area contributed by atoms with Crippen LogP contribution in [0, 0.1) is 0 Å². The first-order chi connectivity index (χ1) is 7.80. The van der Waals surface area contributed by atoms with Crippen LogP contribution in [0.25, 0.3) is 0 Å². The second-order valence-corrected chi connectivity index (χ2v) is 4.74. The zero-order valence-corrected chi connectivity index (χ0v) is 10.9. The molecule has 0 spiro atoms. The van der Waals surface area contributed by atoms with Crippen molar-refractivity contribution in [1.29, 1.82) is 0 Å². The maximum absolute atomic E-state index is 12.6. The number of alkyl halides is 3. The van der Waals surface area contributed by atoms with E-state index in [0.717, 1.165) is 12.1 Å². The molecule has 7 heteroatoms. The summed E-state index contributed by atoms with van der Waals surface area (Å²) in [4.78, 5) is 0. The van der Waals surface area contributed by atoms with Crippen molar-refractivity contribution >= 4 is 32.9 Å². The van der Waals surface area contributed by atoms with Gasteiger partial charge in [-0.15, -0.1) is 0 Å². The van der Waals surface area contributed by atoms with Gasteiger partial charge in [-0.05, 0) is 24.6 Å². The number of halogens is 5. The van der Waals surface area contributed by atoms with Crippen molar-refractivity contribution in [3.8, 4) is 0 Å². The number of hydrogen-bond donors (Lipinski definition) is 0. The SMILES string of the molecule is CC1c2cc(C(F)(F)F)ccc2C(Cl)=NN1Br. The molecule has 1 aromatic carbocycles. The zero-order valence-electron chi connectivity index (χ0n) is 8.59. The Labute approximate surface area is 109 Å². The van der Waals surface area contributed by atoms with E-state index in [1.807, 2.05) is 0 Å². The lowest BCUT2D eigenvalue weighted by Gasteiger charge is -2.27. The highest BCUT2D eigenvalue weighted by atomic mass is 79.9. The second-order valence-electron chi connectivity index (χ2n) is 3.66. The molecule has 0 aliphatic carbocycles. The van der Waals surface area contributed by atoms with Crippen molar-refractivity contribution in [2.75, 3.05) is 0 Å². The van der Waals surface area contributed by atoms with Crippen LogP contribution in [0.1, 0.15) is 29.7 Å². The number of nitrogens with zero attached hydrogens (tertiary/aromatic N) is 2. The minimum Gasteiger partial charge on any atom is -0.221 e. The average molecular weight is 328 g/mol. The smallest absolute Gasteiger partial charge is 0.221 e. The minimum atomic E-state index is -4.35. The van der Waals surface area contributed by atoms with E-state index < -0.39 is 11.7 Å². The van der Waals surface area contributed by atoms with Crippen LogP contribution in [0.3, 0.4) is 0 Å². The molecule has 1 aliphatic rings. The molecule has 0 amide bonds. The number of fused-ring (bicyclic) bond motifs is 1. The van der Waals surface area contributed by atoms with Crippen molar-refractivity contribution in [3.63, 3.8) is 0 Å². The van der Waals surface area contributed by atoms with Gasteiger partial charge in [0, 0.05) is 5.56 Å². The van der Waals surface area contributed by atoms with Crippen LogP contribution >= 0.6 is 27.7 Å². The molecule has 2 nitrogen and oxygen atoms in total. The van der Waals surface area contributed by atoms with Gasteiger partial charge in [-0.3, -0.25) is 0 Å². The summed E-state index contributed by atoms with van der Waals surface area (Å²) in [6.45, 7) is 1.74. The third-order valence-electron chi connectivity index (χ3n) is 2.55. The Kier molecular flexibility index (Phi) is 3.12. The number of hydrazone groups is 1. The third-order valence-corrected chi connectivity index (χ3v) is 3.61. The quantitative estimate of drug-likeness (QED) is 0.649. The Morgan fingerprint density at radius 3 is 2.65 bits per heavy atom. The first-order valence-corrected chi connectivity index (χ1v) is 5.80. The van der Waals surface area contributed by atoms with Gasteiger partial charge in [0.25, 0.3) is 0 Å². The van der Waals surface area contributed by atoms with E-state index in [-0.39, 0.29) is 11.2 Å². The highest BCUT2D eigenvalue weighted by Crippen LogP contribution is 2.37. The molecule has 0 saturated carbocycles. The van der Waals surface area contributed by atoms with Crippen molar-refractivity contribution in [1.82, 2.24) is 4.03 Å². The van der Waals surface area contributed by atoms with Gasteiger partial charge in [-0.1, -0.05) is 17.7 Å². The molecule has 2 rings (SSSR count). The highest BCUT2D eigenvalue weighted by molar-refractivity contribution is 9.07. The summed E-state index contributed by atoms with van der Waals surface area (Å²) in [5, 5.41) is 4.12. The summed E-state index contributed by atoms with van der Waals surface area (Å²) in [6, 6.07) is 3.15. The topological polar surface area (TPSA) is 15.6 Å². The van der Waals surface area contributed by atoms with E-state index in [1.165, 1.54) is 10.1 Å². The summed E-state index contributed by atoms with van der Waals surface area (Å²) in [5.74, 6) is 0. The maximum atomic E-state index is 12.6. The van der Waals surface area contributed by atoms with E-state index in [1.54, 1.807) is 6.92 Å². The van der Waals surface area contributed by atoms with Crippen LogP contribution in [0.5, 0.6) is 0 Å². The van der Waals surface area contributed by atoms with E-state index >= 15 is 0 Å². The fourth-order valence-electron chi connectivity index (χ4n) is 1.61.